The van der Waals surface area contributed by atoms with Gasteiger partial charge < -0.3 is 0 Å². The van der Waals surface area contributed by atoms with E-state index in [0.29, 0.717) is 0 Å². The Bertz CT molecular complexity index is 321. The molecule has 0 aliphatic heterocycles. The average Bonchev–Trinajstić information content (AvgIpc) is 2.39. The molecule has 13 heavy (non-hydrogen) atoms. The second-order valence-corrected chi connectivity index (χ2v) is 4.87. The summed E-state index contributed by atoms with van der Waals surface area (Å²) in [4.78, 5) is 3.32. The van der Waals surface area contributed by atoms with Crippen molar-refractivity contribution in [3.8, 4) is 0 Å². The molecule has 2 heteroatoms. The Morgan fingerprint density at radius 2 is 2.08 bits per heavy atom. The van der Waals surface area contributed by atoms with Gasteiger partial charge in [0.1, 0.15) is 0 Å². The minimum atomic E-state index is 0.226. The molecule has 1 heterocycles. The van der Waals surface area contributed by atoms with E-state index in [1.807, 2.05) is 13.0 Å². The zero-order valence-corrected chi connectivity index (χ0v) is 9.98. The molecule has 1 N–H and O–H groups in total. The quantitative estimate of drug-likeness (QED) is 0.636. The van der Waals surface area contributed by atoms with Gasteiger partial charge in [0.05, 0.1) is 0 Å². The van der Waals surface area contributed by atoms with Gasteiger partial charge in [0.15, 0.2) is 0 Å². The normalized spacial score (nSPS) is 12.2. The van der Waals surface area contributed by atoms with Gasteiger partial charge in [-0.2, -0.15) is 0 Å². The summed E-state index contributed by atoms with van der Waals surface area (Å²) in [6.45, 7) is 6.28. The van der Waals surface area contributed by atoms with Crippen LogP contribution >= 0.6 is 0 Å². The zero-order chi connectivity index (χ0) is 9.68. The number of hydrogen-bond acceptors (Lipinski definition) is 0. The number of aromatic nitrogens is 1. The molecule has 0 saturated carbocycles. The predicted octanol–water partition coefficient (Wildman–Crippen LogP) is 2.43. The minimum absolute atomic E-state index is 0.226. The van der Waals surface area contributed by atoms with Gasteiger partial charge in [-0.15, -0.1) is 0 Å². The Labute approximate surface area is 87.5 Å². The van der Waals surface area contributed by atoms with Gasteiger partial charge in [-0.25, -0.2) is 0 Å². The number of nitrogens with one attached hydrogen (secondary N) is 1. The van der Waals surface area contributed by atoms with Crippen molar-refractivity contribution in [1.29, 1.82) is 0 Å². The summed E-state index contributed by atoms with van der Waals surface area (Å²) in [6.07, 6.45) is 6.25. The summed E-state index contributed by atoms with van der Waals surface area (Å²) in [7, 11) is 0. The fourth-order valence-corrected chi connectivity index (χ4v) is 2.72. The van der Waals surface area contributed by atoms with Crippen LogP contribution in [0.1, 0.15) is 18.3 Å². The standard InChI is InChI=1S/C6H8N.C5H7.Ru/c1-5-3-4-6(2)7-5;1-3-5-4-2;/h3,7H,1-2H3;1,3-5H,2H3;. The van der Waals surface area contributed by atoms with Crippen molar-refractivity contribution in [3.05, 3.63) is 40.4 Å². The molecule has 0 radical (unpaired) electrons. The maximum absolute atomic E-state index is 3.32. The molecule has 1 rings (SSSR count). The Morgan fingerprint density at radius 1 is 1.31 bits per heavy atom. The number of hydrogen-bond donors (Lipinski definition) is 1. The first-order chi connectivity index (χ1) is 6.24. The van der Waals surface area contributed by atoms with Crippen LogP contribution in [0.2, 0.25) is 0 Å². The van der Waals surface area contributed by atoms with Crippen molar-refractivity contribution < 1.29 is 17.1 Å². The third-order valence-corrected chi connectivity index (χ3v) is 3.68. The summed E-state index contributed by atoms with van der Waals surface area (Å²) in [6, 6.07) is 2.24. The molecule has 0 saturated heterocycles. The number of aromatic amines is 1. The van der Waals surface area contributed by atoms with Crippen LogP contribution in [0.4, 0.5) is 0 Å². The number of aryl methyl sites for hydroxylation is 2. The Kier molecular flexibility index (Phi) is 4.17. The van der Waals surface area contributed by atoms with Gasteiger partial charge in [0.2, 0.25) is 0 Å². The first-order valence-corrected chi connectivity index (χ1v) is 6.16. The van der Waals surface area contributed by atoms with Crippen LogP contribution in [0, 0.1) is 13.8 Å². The van der Waals surface area contributed by atoms with E-state index < -0.39 is 0 Å². The molecule has 0 aliphatic carbocycles. The van der Waals surface area contributed by atoms with Crippen LogP contribution < -0.4 is 4.16 Å². The van der Waals surface area contributed by atoms with Crippen molar-refractivity contribution in [3.63, 3.8) is 0 Å². The molecule has 1 aromatic rings. The van der Waals surface area contributed by atoms with E-state index in [1.54, 1.807) is 0 Å². The summed E-state index contributed by atoms with van der Waals surface area (Å²) in [5.74, 6) is 0. The van der Waals surface area contributed by atoms with Crippen LogP contribution in [0.25, 0.3) is 0 Å². The summed E-state index contributed by atoms with van der Waals surface area (Å²) in [5.41, 5.74) is 2.59. The maximum atomic E-state index is 3.32. The van der Waals surface area contributed by atoms with E-state index in [1.165, 1.54) is 15.5 Å². The van der Waals surface area contributed by atoms with E-state index in [2.05, 4.69) is 41.7 Å². The van der Waals surface area contributed by atoms with Gasteiger partial charge in [-0.3, -0.25) is 0 Å². The van der Waals surface area contributed by atoms with Crippen molar-refractivity contribution in [2.75, 3.05) is 0 Å². The van der Waals surface area contributed by atoms with Crippen molar-refractivity contribution in [1.82, 2.24) is 4.98 Å². The van der Waals surface area contributed by atoms with Crippen LogP contribution in [-0.4, -0.2) is 4.98 Å². The van der Waals surface area contributed by atoms with Gasteiger partial charge in [0.25, 0.3) is 0 Å². The summed E-state index contributed by atoms with van der Waals surface area (Å²) < 4.78 is 3.74. The Balaban J connectivity index is 2.59. The van der Waals surface area contributed by atoms with Crippen LogP contribution in [0.5, 0.6) is 0 Å². The molecule has 0 fully saturated rings. The first kappa shape index (κ1) is 10.5. The molecule has 0 atom stereocenters. The SMILES string of the molecule is CC=CC=[CH][Ru][c]1cc(C)[nH]c1C. The van der Waals surface area contributed by atoms with Crippen LogP contribution in [0.3, 0.4) is 0 Å². The second kappa shape index (κ2) is 5.19. The van der Waals surface area contributed by atoms with Crippen molar-refractivity contribution >= 4 is 4.16 Å². The van der Waals surface area contributed by atoms with E-state index in [-0.39, 0.29) is 17.1 Å². The monoisotopic (exact) mass is 263 g/mol. The molecule has 72 valence electrons. The molecule has 0 amide bonds. The third-order valence-electron chi connectivity index (χ3n) is 1.61. The topological polar surface area (TPSA) is 15.8 Å². The molecular formula is C11H15NRu. The van der Waals surface area contributed by atoms with Crippen molar-refractivity contribution in [2.45, 2.75) is 20.8 Å². The molecule has 1 aromatic heterocycles. The molecule has 1 nitrogen and oxygen atoms in total. The van der Waals surface area contributed by atoms with E-state index in [9.17, 15) is 0 Å². The van der Waals surface area contributed by atoms with Crippen LogP contribution in [-0.2, 0) is 17.1 Å². The number of H-pyrrole nitrogens is 1. The summed E-state index contributed by atoms with van der Waals surface area (Å²) in [5, 5.41) is 0. The molecular weight excluding hydrogens is 247 g/mol. The Morgan fingerprint density at radius 3 is 2.62 bits per heavy atom. The van der Waals surface area contributed by atoms with Gasteiger partial charge in [-0.1, -0.05) is 0 Å². The average molecular weight is 262 g/mol. The molecule has 0 bridgehead atoms. The van der Waals surface area contributed by atoms with E-state index >= 15 is 0 Å². The molecule has 0 aliphatic rings. The second-order valence-electron chi connectivity index (χ2n) is 2.85. The molecule has 0 spiro atoms. The Hall–Kier alpha value is -0.617. The number of rotatable bonds is 3. The number of allylic oxidation sites excluding steroid dienone is 3. The summed E-state index contributed by atoms with van der Waals surface area (Å²) >= 11 is 0.226. The van der Waals surface area contributed by atoms with E-state index in [4.69, 9.17) is 0 Å². The van der Waals surface area contributed by atoms with E-state index in [0.717, 1.165) is 0 Å². The fraction of sp³-hybridized carbons (Fsp3) is 0.273. The van der Waals surface area contributed by atoms with Crippen molar-refractivity contribution in [2.24, 2.45) is 0 Å². The van der Waals surface area contributed by atoms with Gasteiger partial charge in [0, 0.05) is 0 Å². The zero-order valence-electron chi connectivity index (χ0n) is 8.24. The third kappa shape index (κ3) is 3.32. The predicted molar refractivity (Wildman–Crippen MR) is 53.9 cm³/mol. The molecule has 0 aromatic carbocycles. The van der Waals surface area contributed by atoms with Gasteiger partial charge in [-0.05, 0) is 0 Å². The first-order valence-electron chi connectivity index (χ1n) is 4.29. The molecule has 0 unspecified atom stereocenters. The van der Waals surface area contributed by atoms with Crippen LogP contribution in [0.15, 0.2) is 29.0 Å². The fourth-order valence-electron chi connectivity index (χ4n) is 1.04. The van der Waals surface area contributed by atoms with Gasteiger partial charge >= 0.3 is 87.4 Å².